The Hall–Kier alpha value is -1.87. The van der Waals surface area contributed by atoms with Gasteiger partial charge in [-0.2, -0.15) is 0 Å². The fourth-order valence-corrected chi connectivity index (χ4v) is 3.20. The van der Waals surface area contributed by atoms with Crippen molar-refractivity contribution in [2.45, 2.75) is 6.92 Å². The molecular weight excluding hydrogens is 300 g/mol. The summed E-state index contributed by atoms with van der Waals surface area (Å²) in [5.74, 6) is 0. The average Bonchev–Trinajstić information content (AvgIpc) is 2.81. The molecular formula is C16H11BrN2. The van der Waals surface area contributed by atoms with E-state index in [4.69, 9.17) is 0 Å². The van der Waals surface area contributed by atoms with Gasteiger partial charge in [-0.1, -0.05) is 36.4 Å². The smallest absolute Gasteiger partial charge is 0.146 e. The minimum atomic E-state index is 0.867. The van der Waals surface area contributed by atoms with Crippen molar-refractivity contribution >= 4 is 43.3 Å². The van der Waals surface area contributed by atoms with E-state index in [1.807, 2.05) is 6.20 Å². The third-order valence-electron chi connectivity index (χ3n) is 3.62. The maximum absolute atomic E-state index is 4.60. The molecule has 0 fully saturated rings. The molecule has 3 heteroatoms. The first-order valence-electron chi connectivity index (χ1n) is 6.20. The van der Waals surface area contributed by atoms with Gasteiger partial charge in [-0.05, 0) is 39.9 Å². The van der Waals surface area contributed by atoms with Crippen LogP contribution in [0.15, 0.2) is 53.3 Å². The lowest BCUT2D eigenvalue weighted by Crippen LogP contribution is -1.91. The van der Waals surface area contributed by atoms with Crippen LogP contribution in [0.3, 0.4) is 0 Å². The number of hydrogen-bond donors (Lipinski definition) is 0. The Balaban J connectivity index is 2.47. The maximum Gasteiger partial charge on any atom is 0.146 e. The molecule has 4 aromatic rings. The van der Waals surface area contributed by atoms with Crippen molar-refractivity contribution in [3.63, 3.8) is 0 Å². The number of imidazole rings is 1. The van der Waals surface area contributed by atoms with Gasteiger partial charge in [0.05, 0.1) is 5.52 Å². The molecule has 0 aliphatic rings. The number of rotatable bonds is 0. The second-order valence-electron chi connectivity index (χ2n) is 4.77. The molecule has 0 amide bonds. The molecule has 0 bridgehead atoms. The Kier molecular flexibility index (Phi) is 2.21. The van der Waals surface area contributed by atoms with Gasteiger partial charge in [0.1, 0.15) is 10.3 Å². The van der Waals surface area contributed by atoms with E-state index < -0.39 is 0 Å². The lowest BCUT2D eigenvalue weighted by Gasteiger charge is -2.09. The lowest BCUT2D eigenvalue weighted by atomic mass is 10.0. The van der Waals surface area contributed by atoms with Crippen molar-refractivity contribution in [2.24, 2.45) is 0 Å². The Labute approximate surface area is 118 Å². The van der Waals surface area contributed by atoms with Gasteiger partial charge in [0.25, 0.3) is 0 Å². The third-order valence-corrected chi connectivity index (χ3v) is 4.01. The molecule has 0 atom stereocenters. The van der Waals surface area contributed by atoms with Crippen LogP contribution in [-0.4, -0.2) is 9.38 Å². The summed E-state index contributed by atoms with van der Waals surface area (Å²) in [5, 5.41) is 3.76. The van der Waals surface area contributed by atoms with E-state index in [-0.39, 0.29) is 0 Å². The molecule has 0 saturated heterocycles. The Bertz CT molecular complexity index is 938. The number of fused-ring (bicyclic) bond motifs is 6. The molecule has 92 valence electrons. The van der Waals surface area contributed by atoms with Crippen molar-refractivity contribution in [1.29, 1.82) is 0 Å². The number of aromatic nitrogens is 2. The molecule has 19 heavy (non-hydrogen) atoms. The molecule has 0 spiro atoms. The van der Waals surface area contributed by atoms with Gasteiger partial charge in [0.15, 0.2) is 0 Å². The number of hydrogen-bond acceptors (Lipinski definition) is 1. The summed E-state index contributed by atoms with van der Waals surface area (Å²) < 4.78 is 3.03. The summed E-state index contributed by atoms with van der Waals surface area (Å²) in [4.78, 5) is 4.60. The second kappa shape index (κ2) is 3.81. The Morgan fingerprint density at radius 2 is 1.79 bits per heavy atom. The summed E-state index contributed by atoms with van der Waals surface area (Å²) in [6.07, 6.45) is 2.03. The summed E-state index contributed by atoms with van der Waals surface area (Å²) >= 11 is 3.48. The number of aryl methyl sites for hydroxylation is 1. The van der Waals surface area contributed by atoms with Crippen LogP contribution in [0.4, 0.5) is 0 Å². The molecule has 0 unspecified atom stereocenters. The van der Waals surface area contributed by atoms with Crippen LogP contribution in [0.1, 0.15) is 5.56 Å². The van der Waals surface area contributed by atoms with Gasteiger partial charge in [0.2, 0.25) is 0 Å². The van der Waals surface area contributed by atoms with Crippen LogP contribution in [0, 0.1) is 6.92 Å². The number of halogens is 1. The van der Waals surface area contributed by atoms with E-state index in [0.717, 1.165) is 10.3 Å². The fourth-order valence-electron chi connectivity index (χ4n) is 2.82. The monoisotopic (exact) mass is 310 g/mol. The van der Waals surface area contributed by atoms with Gasteiger partial charge < -0.3 is 0 Å². The zero-order valence-corrected chi connectivity index (χ0v) is 12.0. The second-order valence-corrected chi connectivity index (χ2v) is 5.58. The predicted molar refractivity (Wildman–Crippen MR) is 82.6 cm³/mol. The number of benzene rings is 2. The van der Waals surface area contributed by atoms with E-state index in [1.54, 1.807) is 0 Å². The Morgan fingerprint density at radius 1 is 1.00 bits per heavy atom. The summed E-state index contributed by atoms with van der Waals surface area (Å²) in [5.41, 5.74) is 3.49. The van der Waals surface area contributed by atoms with Crippen LogP contribution in [0.5, 0.6) is 0 Å². The van der Waals surface area contributed by atoms with Gasteiger partial charge in [-0.25, -0.2) is 4.98 Å². The molecule has 4 rings (SSSR count). The standard InChI is InChI=1S/C16H11BrN2/c1-10-5-4-8-13-15(10)11-6-2-3-7-12(11)16-18-14(17)9-19(13)16/h2-9H,1H3. The third kappa shape index (κ3) is 1.45. The van der Waals surface area contributed by atoms with Gasteiger partial charge in [0, 0.05) is 17.0 Å². The van der Waals surface area contributed by atoms with Crippen LogP contribution >= 0.6 is 15.9 Å². The molecule has 2 aromatic carbocycles. The SMILES string of the molecule is Cc1cccc2c1c1ccccc1c1nc(Br)cn21. The molecule has 0 aliphatic carbocycles. The van der Waals surface area contributed by atoms with E-state index in [9.17, 15) is 0 Å². The average molecular weight is 311 g/mol. The van der Waals surface area contributed by atoms with Crippen molar-refractivity contribution in [3.8, 4) is 0 Å². The zero-order chi connectivity index (χ0) is 13.0. The first-order chi connectivity index (χ1) is 9.25. The fraction of sp³-hybridized carbons (Fsp3) is 0.0625. The number of nitrogens with zero attached hydrogens (tertiary/aromatic N) is 2. The maximum atomic E-state index is 4.60. The first-order valence-corrected chi connectivity index (χ1v) is 6.99. The van der Waals surface area contributed by atoms with Crippen molar-refractivity contribution in [1.82, 2.24) is 9.38 Å². The van der Waals surface area contributed by atoms with Gasteiger partial charge in [-0.15, -0.1) is 0 Å². The molecule has 2 nitrogen and oxygen atoms in total. The highest BCUT2D eigenvalue weighted by Crippen LogP contribution is 2.31. The minimum Gasteiger partial charge on any atom is -0.298 e. The first kappa shape index (κ1) is 11.0. The van der Waals surface area contributed by atoms with Crippen molar-refractivity contribution in [2.75, 3.05) is 0 Å². The summed E-state index contributed by atoms with van der Waals surface area (Å²) in [6, 6.07) is 14.9. The quantitative estimate of drug-likeness (QED) is 0.430. The minimum absolute atomic E-state index is 0.867. The largest absolute Gasteiger partial charge is 0.298 e. The van der Waals surface area contributed by atoms with Gasteiger partial charge >= 0.3 is 0 Å². The highest BCUT2D eigenvalue weighted by atomic mass is 79.9. The topological polar surface area (TPSA) is 17.3 Å². The van der Waals surface area contributed by atoms with Crippen molar-refractivity contribution < 1.29 is 0 Å². The normalized spacial score (nSPS) is 11.7. The van der Waals surface area contributed by atoms with Crippen molar-refractivity contribution in [3.05, 3.63) is 58.8 Å². The van der Waals surface area contributed by atoms with E-state index in [1.165, 1.54) is 27.2 Å². The number of pyridine rings is 1. The van der Waals surface area contributed by atoms with Crippen LogP contribution in [-0.2, 0) is 0 Å². The zero-order valence-electron chi connectivity index (χ0n) is 10.4. The molecule has 0 N–H and O–H groups in total. The van der Waals surface area contributed by atoms with E-state index >= 15 is 0 Å². The van der Waals surface area contributed by atoms with E-state index in [2.05, 4.69) is 74.7 Å². The van der Waals surface area contributed by atoms with Crippen LogP contribution in [0.25, 0.3) is 27.3 Å². The van der Waals surface area contributed by atoms with Gasteiger partial charge in [-0.3, -0.25) is 4.40 Å². The van der Waals surface area contributed by atoms with E-state index in [0.29, 0.717) is 0 Å². The highest BCUT2D eigenvalue weighted by Gasteiger charge is 2.11. The summed E-state index contributed by atoms with van der Waals surface area (Å²) in [6.45, 7) is 2.16. The lowest BCUT2D eigenvalue weighted by molar-refractivity contribution is 1.27. The Morgan fingerprint density at radius 3 is 2.63 bits per heavy atom. The molecule has 0 aliphatic heterocycles. The summed E-state index contributed by atoms with van der Waals surface area (Å²) in [7, 11) is 0. The molecule has 2 heterocycles. The van der Waals surface area contributed by atoms with Crippen LogP contribution in [0.2, 0.25) is 0 Å². The predicted octanol–water partition coefficient (Wildman–Crippen LogP) is 4.71. The highest BCUT2D eigenvalue weighted by molar-refractivity contribution is 9.10. The molecule has 0 radical (unpaired) electrons. The molecule has 2 aromatic heterocycles. The van der Waals surface area contributed by atoms with Crippen LogP contribution < -0.4 is 0 Å². The molecule has 0 saturated carbocycles.